The first-order chi connectivity index (χ1) is 10.4. The number of halogens is 3. The van der Waals surface area contributed by atoms with E-state index in [9.17, 15) is 13.2 Å². The molecule has 1 aromatic heterocycles. The Kier molecular flexibility index (Phi) is 5.26. The molecule has 0 aliphatic carbocycles. The van der Waals surface area contributed by atoms with Crippen molar-refractivity contribution in [2.24, 2.45) is 0 Å². The van der Waals surface area contributed by atoms with Gasteiger partial charge in [-0.05, 0) is 37.0 Å². The first kappa shape index (κ1) is 16.6. The number of rotatable bonds is 6. The molecule has 0 aliphatic heterocycles. The van der Waals surface area contributed by atoms with Crippen LogP contribution in [0.2, 0.25) is 0 Å². The highest BCUT2D eigenvalue weighted by Gasteiger charge is 2.29. The third-order valence-corrected chi connectivity index (χ3v) is 3.34. The van der Waals surface area contributed by atoms with Crippen LogP contribution in [0.25, 0.3) is 0 Å². The maximum atomic E-state index is 12.4. The zero-order chi connectivity index (χ0) is 16.2. The molecule has 1 heterocycles. The van der Waals surface area contributed by atoms with Crippen LogP contribution in [-0.4, -0.2) is 26.9 Å². The van der Waals surface area contributed by atoms with E-state index in [1.165, 1.54) is 18.3 Å². The van der Waals surface area contributed by atoms with E-state index in [2.05, 4.69) is 5.10 Å². The van der Waals surface area contributed by atoms with Gasteiger partial charge in [0.15, 0.2) is 0 Å². The summed E-state index contributed by atoms with van der Waals surface area (Å²) in [6.45, 7) is 0.618. The van der Waals surface area contributed by atoms with Crippen molar-refractivity contribution in [2.75, 3.05) is 0 Å². The van der Waals surface area contributed by atoms with E-state index in [-0.39, 0.29) is 0 Å². The van der Waals surface area contributed by atoms with E-state index in [1.807, 2.05) is 0 Å². The summed E-state index contributed by atoms with van der Waals surface area (Å²) in [5, 5.41) is 21.9. The zero-order valence-corrected chi connectivity index (χ0v) is 11.8. The second-order valence-electron chi connectivity index (χ2n) is 5.06. The summed E-state index contributed by atoms with van der Waals surface area (Å²) >= 11 is 0. The lowest BCUT2D eigenvalue weighted by Gasteiger charge is -2.07. The van der Waals surface area contributed by atoms with E-state index in [0.717, 1.165) is 30.5 Å². The molecule has 0 atom stereocenters. The van der Waals surface area contributed by atoms with Gasteiger partial charge >= 0.3 is 13.3 Å². The van der Waals surface area contributed by atoms with Gasteiger partial charge in [0.25, 0.3) is 0 Å². The number of unbranched alkanes of at least 4 members (excludes halogenated alkanes) is 1. The molecule has 2 N–H and O–H groups in total. The predicted molar refractivity (Wildman–Crippen MR) is 76.4 cm³/mol. The fraction of sp³-hybridized carbons (Fsp3) is 0.357. The Morgan fingerprint density at radius 3 is 2.32 bits per heavy atom. The number of benzene rings is 1. The first-order valence-corrected chi connectivity index (χ1v) is 6.91. The van der Waals surface area contributed by atoms with Gasteiger partial charge in [-0.25, -0.2) is 0 Å². The number of nitrogens with zero attached hydrogens (tertiary/aromatic N) is 2. The normalized spacial score (nSPS) is 11.7. The summed E-state index contributed by atoms with van der Waals surface area (Å²) in [5.41, 5.74) is 0.561. The Hall–Kier alpha value is -1.80. The van der Waals surface area contributed by atoms with Crippen molar-refractivity contribution in [2.45, 2.75) is 32.0 Å². The predicted octanol–water partition coefficient (Wildman–Crippen LogP) is 1.60. The second-order valence-corrected chi connectivity index (χ2v) is 5.06. The minimum absolute atomic E-state index is 0.336. The molecule has 0 fully saturated rings. The van der Waals surface area contributed by atoms with Gasteiger partial charge in [0, 0.05) is 24.4 Å². The highest BCUT2D eigenvalue weighted by atomic mass is 19.4. The maximum absolute atomic E-state index is 12.4. The lowest BCUT2D eigenvalue weighted by molar-refractivity contribution is -0.137. The molecule has 0 amide bonds. The molecule has 1 aromatic carbocycles. The van der Waals surface area contributed by atoms with Crippen molar-refractivity contribution in [3.05, 3.63) is 47.8 Å². The number of hydrogen-bond donors (Lipinski definition) is 2. The topological polar surface area (TPSA) is 58.3 Å². The molecule has 2 aromatic rings. The monoisotopic (exact) mass is 312 g/mol. The minimum Gasteiger partial charge on any atom is -0.423 e. The number of alkyl halides is 3. The van der Waals surface area contributed by atoms with Gasteiger partial charge in [-0.15, -0.1) is 0 Å². The summed E-state index contributed by atoms with van der Waals surface area (Å²) in [5.74, 6) is 0. The van der Waals surface area contributed by atoms with Crippen LogP contribution in [-0.2, 0) is 19.1 Å². The highest BCUT2D eigenvalue weighted by Crippen LogP contribution is 2.29. The smallest absolute Gasteiger partial charge is 0.423 e. The number of aromatic nitrogens is 2. The van der Waals surface area contributed by atoms with Crippen molar-refractivity contribution < 1.29 is 23.2 Å². The summed E-state index contributed by atoms with van der Waals surface area (Å²) in [6.07, 6.45) is 0.942. The zero-order valence-electron chi connectivity index (χ0n) is 11.8. The van der Waals surface area contributed by atoms with E-state index in [4.69, 9.17) is 10.0 Å². The molecule has 0 radical (unpaired) electrons. The fourth-order valence-electron chi connectivity index (χ4n) is 2.10. The van der Waals surface area contributed by atoms with Crippen LogP contribution in [0.5, 0.6) is 0 Å². The lowest BCUT2D eigenvalue weighted by atomic mass is 9.83. The van der Waals surface area contributed by atoms with Gasteiger partial charge < -0.3 is 10.0 Å². The molecular formula is C14H16BF3N2O2. The van der Waals surface area contributed by atoms with Crippen LogP contribution in [0, 0.1) is 0 Å². The quantitative estimate of drug-likeness (QED) is 0.629. The minimum atomic E-state index is -4.30. The third kappa shape index (κ3) is 4.61. The Morgan fingerprint density at radius 2 is 1.77 bits per heavy atom. The average molecular weight is 312 g/mol. The third-order valence-electron chi connectivity index (χ3n) is 3.34. The van der Waals surface area contributed by atoms with E-state index in [1.54, 1.807) is 10.9 Å². The largest absolute Gasteiger partial charge is 0.491 e. The van der Waals surface area contributed by atoms with E-state index >= 15 is 0 Å². The van der Waals surface area contributed by atoms with Crippen LogP contribution in [0.1, 0.15) is 24.0 Å². The molecule has 22 heavy (non-hydrogen) atoms. The average Bonchev–Trinajstić information content (AvgIpc) is 2.92. The Balaban J connectivity index is 1.76. The van der Waals surface area contributed by atoms with Crippen molar-refractivity contribution in [3.63, 3.8) is 0 Å². The van der Waals surface area contributed by atoms with E-state index < -0.39 is 18.9 Å². The molecule has 4 nitrogen and oxygen atoms in total. The fourth-order valence-corrected chi connectivity index (χ4v) is 2.10. The van der Waals surface area contributed by atoms with Crippen LogP contribution in [0.4, 0.5) is 13.2 Å². The number of aryl methyl sites for hydroxylation is 2. The van der Waals surface area contributed by atoms with E-state index in [0.29, 0.717) is 18.4 Å². The van der Waals surface area contributed by atoms with Crippen LogP contribution in [0.15, 0.2) is 36.7 Å². The summed E-state index contributed by atoms with van der Waals surface area (Å²) in [6, 6.07) is 5.18. The van der Waals surface area contributed by atoms with Gasteiger partial charge in [-0.3, -0.25) is 4.68 Å². The van der Waals surface area contributed by atoms with Crippen LogP contribution < -0.4 is 5.46 Å². The number of hydrogen-bond acceptors (Lipinski definition) is 3. The molecule has 8 heteroatoms. The molecule has 2 rings (SSSR count). The van der Waals surface area contributed by atoms with Gasteiger partial charge in [0.05, 0.1) is 5.56 Å². The first-order valence-electron chi connectivity index (χ1n) is 6.91. The lowest BCUT2D eigenvalue weighted by Crippen LogP contribution is -2.28. The molecular weight excluding hydrogens is 296 g/mol. The van der Waals surface area contributed by atoms with Gasteiger partial charge in [-0.1, -0.05) is 12.1 Å². The summed E-state index contributed by atoms with van der Waals surface area (Å²) in [4.78, 5) is 0. The second kappa shape index (κ2) is 6.98. The molecule has 0 saturated heterocycles. The molecule has 0 unspecified atom stereocenters. The molecule has 0 bridgehead atoms. The Morgan fingerprint density at radius 1 is 1.09 bits per heavy atom. The van der Waals surface area contributed by atoms with Crippen LogP contribution >= 0.6 is 0 Å². The molecule has 0 aliphatic rings. The summed E-state index contributed by atoms with van der Waals surface area (Å²) < 4.78 is 38.9. The van der Waals surface area contributed by atoms with Crippen molar-refractivity contribution >= 4 is 12.6 Å². The maximum Gasteiger partial charge on any atom is 0.491 e. The van der Waals surface area contributed by atoms with Crippen molar-refractivity contribution in [1.82, 2.24) is 9.78 Å². The molecule has 0 saturated carbocycles. The standard InChI is InChI=1S/C14H16BF3N2O2/c16-14(17,18)12-6-4-11(5-7-12)3-1-2-8-20-10-13(9-19-20)15(21)22/h4-7,9-10,21-22H,1-3,8H2. The highest BCUT2D eigenvalue weighted by molar-refractivity contribution is 6.58. The molecule has 118 valence electrons. The van der Waals surface area contributed by atoms with Gasteiger partial charge in [0.2, 0.25) is 0 Å². The van der Waals surface area contributed by atoms with Crippen LogP contribution in [0.3, 0.4) is 0 Å². The molecule has 0 spiro atoms. The van der Waals surface area contributed by atoms with Crippen molar-refractivity contribution in [1.29, 1.82) is 0 Å². The van der Waals surface area contributed by atoms with Gasteiger partial charge in [0.1, 0.15) is 0 Å². The summed E-state index contributed by atoms with van der Waals surface area (Å²) in [7, 11) is -1.53. The SMILES string of the molecule is OB(O)c1cnn(CCCCc2ccc(C(F)(F)F)cc2)c1. The Bertz CT molecular complexity index is 597. The Labute approximate surface area is 126 Å². The van der Waals surface area contributed by atoms with Gasteiger partial charge in [-0.2, -0.15) is 18.3 Å². The van der Waals surface area contributed by atoms with Crippen molar-refractivity contribution in [3.8, 4) is 0 Å².